The van der Waals surface area contributed by atoms with Crippen molar-refractivity contribution in [1.29, 1.82) is 0 Å². The van der Waals surface area contributed by atoms with Gasteiger partial charge in [-0.05, 0) is 49.6 Å². The first-order valence-corrected chi connectivity index (χ1v) is 10.5. The van der Waals surface area contributed by atoms with Gasteiger partial charge in [0.25, 0.3) is 0 Å². The molecule has 0 saturated carbocycles. The summed E-state index contributed by atoms with van der Waals surface area (Å²) in [5, 5.41) is 0. The zero-order chi connectivity index (χ0) is 25.4. The van der Waals surface area contributed by atoms with Crippen molar-refractivity contribution in [2.24, 2.45) is 0 Å². The van der Waals surface area contributed by atoms with Crippen LogP contribution in [0.15, 0.2) is 55.1 Å². The van der Waals surface area contributed by atoms with E-state index in [1.54, 1.807) is 12.1 Å². The van der Waals surface area contributed by atoms with Crippen LogP contribution in [-0.2, 0) is 6.54 Å². The van der Waals surface area contributed by atoms with E-state index in [1.165, 1.54) is 17.7 Å². The van der Waals surface area contributed by atoms with Gasteiger partial charge in [-0.1, -0.05) is 29.8 Å². The van der Waals surface area contributed by atoms with Gasteiger partial charge in [-0.15, -0.1) is 0 Å². The fourth-order valence-corrected chi connectivity index (χ4v) is 3.98. The monoisotopic (exact) mass is 487 g/mol. The summed E-state index contributed by atoms with van der Waals surface area (Å²) in [6.07, 6.45) is 5.75. The normalized spacial score (nSPS) is 11.1. The minimum absolute atomic E-state index is 0.119. The van der Waals surface area contributed by atoms with Crippen molar-refractivity contribution in [2.75, 3.05) is 0 Å². The molecule has 4 nitrogen and oxygen atoms in total. The first-order valence-electron chi connectivity index (χ1n) is 10.5. The first kappa shape index (κ1) is 24.1. The van der Waals surface area contributed by atoms with Crippen LogP contribution in [0.4, 0.5) is 22.0 Å². The van der Waals surface area contributed by atoms with Crippen LogP contribution >= 0.6 is 0 Å². The molecular weight excluding hydrogens is 467 g/mol. The third kappa shape index (κ3) is 4.66. The Bertz CT molecular complexity index is 1390. The third-order valence-corrected chi connectivity index (χ3v) is 5.50. The van der Waals surface area contributed by atoms with Gasteiger partial charge in [0.05, 0.1) is 5.56 Å². The van der Waals surface area contributed by atoms with Crippen LogP contribution in [0, 0.1) is 49.9 Å². The number of carbonyl (C=O) groups is 1. The topological polar surface area (TPSA) is 35.1 Å². The molecule has 0 unspecified atom stereocenters. The largest absolute Gasteiger partial charge is 0.416 e. The van der Waals surface area contributed by atoms with Gasteiger partial charge in [-0.25, -0.2) is 27.1 Å². The van der Waals surface area contributed by atoms with E-state index < -0.39 is 40.8 Å². The van der Waals surface area contributed by atoms with Gasteiger partial charge in [0, 0.05) is 0 Å². The highest BCUT2D eigenvalue weighted by Gasteiger charge is 2.29. The lowest BCUT2D eigenvalue weighted by Gasteiger charge is -2.09. The van der Waals surface area contributed by atoms with Crippen molar-refractivity contribution in [2.45, 2.75) is 27.3 Å². The number of nitrogens with zero attached hydrogens (tertiary/aromatic N) is 2. The summed E-state index contributed by atoms with van der Waals surface area (Å²) in [7, 11) is 0. The average molecular weight is 487 g/mol. The number of benzene rings is 3. The Labute approximate surface area is 197 Å². The molecule has 0 fully saturated rings. The summed E-state index contributed by atoms with van der Waals surface area (Å²) in [6, 6.07) is 10.1. The molecule has 0 spiro atoms. The second-order valence-electron chi connectivity index (χ2n) is 8.23. The van der Waals surface area contributed by atoms with E-state index in [0.29, 0.717) is 6.54 Å². The Morgan fingerprint density at radius 3 is 1.97 bits per heavy atom. The summed E-state index contributed by atoms with van der Waals surface area (Å²) in [5.41, 5.74) is 5.23. The number of carbonyl (C=O) groups excluding carboxylic acids is 1. The predicted octanol–water partition coefficient (Wildman–Crippen LogP) is 5.65. The van der Waals surface area contributed by atoms with Crippen LogP contribution < -0.4 is 9.30 Å². The van der Waals surface area contributed by atoms with Crippen molar-refractivity contribution in [3.05, 3.63) is 112 Å². The molecular formula is C26H20F5N2O2+. The lowest BCUT2D eigenvalue weighted by Crippen LogP contribution is -2.30. The molecule has 0 aliphatic rings. The molecule has 180 valence electrons. The van der Waals surface area contributed by atoms with Gasteiger partial charge < -0.3 is 4.74 Å². The highest BCUT2D eigenvalue weighted by atomic mass is 19.2. The number of imidazole rings is 1. The number of aryl methyl sites for hydroxylation is 3. The van der Waals surface area contributed by atoms with E-state index in [9.17, 15) is 26.7 Å². The Kier molecular flexibility index (Phi) is 6.43. The molecule has 35 heavy (non-hydrogen) atoms. The second-order valence-corrected chi connectivity index (χ2v) is 8.23. The number of hydrogen-bond donors (Lipinski definition) is 0. The molecule has 0 amide bonds. The highest BCUT2D eigenvalue weighted by Crippen LogP contribution is 2.29. The molecule has 0 bridgehead atoms. The summed E-state index contributed by atoms with van der Waals surface area (Å²) in [6.45, 7) is 6.60. The Morgan fingerprint density at radius 1 is 0.857 bits per heavy atom. The molecule has 0 radical (unpaired) electrons. The molecule has 0 atom stereocenters. The van der Waals surface area contributed by atoms with Crippen LogP contribution in [0.5, 0.6) is 5.75 Å². The summed E-state index contributed by atoms with van der Waals surface area (Å²) in [4.78, 5) is 12.2. The molecule has 9 heteroatoms. The average Bonchev–Trinajstić information content (AvgIpc) is 3.26. The maximum absolute atomic E-state index is 13.8. The SMILES string of the molecule is Cc1cc(C)c(-[n+]2ccn(Cc3ccc(C(=O)Oc4c(F)c(F)c(F)c(F)c4F)cc3)c2)c(C)c1. The maximum atomic E-state index is 13.8. The lowest BCUT2D eigenvalue weighted by atomic mass is 10.1. The molecule has 0 aliphatic carbocycles. The smallest absolute Gasteiger partial charge is 0.343 e. The molecule has 4 aromatic rings. The van der Waals surface area contributed by atoms with Gasteiger partial charge in [0.2, 0.25) is 41.2 Å². The summed E-state index contributed by atoms with van der Waals surface area (Å²) >= 11 is 0. The van der Waals surface area contributed by atoms with Crippen molar-refractivity contribution in [1.82, 2.24) is 4.57 Å². The van der Waals surface area contributed by atoms with Crippen molar-refractivity contribution >= 4 is 5.97 Å². The van der Waals surface area contributed by atoms with Crippen molar-refractivity contribution in [3.8, 4) is 11.4 Å². The molecule has 0 saturated heterocycles. The number of aromatic nitrogens is 2. The fourth-order valence-electron chi connectivity index (χ4n) is 3.98. The summed E-state index contributed by atoms with van der Waals surface area (Å²) < 4.78 is 75.8. The maximum Gasteiger partial charge on any atom is 0.343 e. The summed E-state index contributed by atoms with van der Waals surface area (Å²) in [5.74, 6) is -14.1. The highest BCUT2D eigenvalue weighted by molar-refractivity contribution is 5.91. The van der Waals surface area contributed by atoms with Gasteiger partial charge in [0.15, 0.2) is 0 Å². The molecule has 0 N–H and O–H groups in total. The molecule has 1 aromatic heterocycles. The van der Waals surface area contributed by atoms with E-state index in [2.05, 4.69) is 16.9 Å². The van der Waals surface area contributed by atoms with Gasteiger partial charge in [-0.2, -0.15) is 8.78 Å². The zero-order valence-corrected chi connectivity index (χ0v) is 19.0. The van der Waals surface area contributed by atoms with Gasteiger partial charge >= 0.3 is 5.97 Å². The van der Waals surface area contributed by atoms with E-state index >= 15 is 0 Å². The van der Waals surface area contributed by atoms with E-state index in [4.69, 9.17) is 0 Å². The van der Waals surface area contributed by atoms with E-state index in [1.807, 2.05) is 48.6 Å². The number of halogens is 5. The molecule has 3 aromatic carbocycles. The number of esters is 1. The van der Waals surface area contributed by atoms with Crippen LogP contribution in [0.25, 0.3) is 5.69 Å². The Morgan fingerprint density at radius 2 is 1.40 bits per heavy atom. The van der Waals surface area contributed by atoms with E-state index in [-0.39, 0.29) is 5.56 Å². The molecule has 1 heterocycles. The Balaban J connectivity index is 1.50. The van der Waals surface area contributed by atoms with Crippen LogP contribution in [0.3, 0.4) is 0 Å². The van der Waals surface area contributed by atoms with Crippen molar-refractivity contribution in [3.63, 3.8) is 0 Å². The van der Waals surface area contributed by atoms with Gasteiger partial charge in [-0.3, -0.25) is 0 Å². The van der Waals surface area contributed by atoms with Crippen LogP contribution in [-0.4, -0.2) is 10.5 Å². The standard InChI is InChI=1S/C26H20F5N2O2/c1-14-10-15(2)24(16(3)11-14)33-9-8-32(13-33)12-17-4-6-18(7-5-17)26(34)35-25-22(30)20(28)19(27)21(29)23(25)31/h4-11,13H,12H2,1-3H3/q+1. The zero-order valence-electron chi connectivity index (χ0n) is 19.0. The fraction of sp³-hybridized carbons (Fsp3) is 0.154. The van der Waals surface area contributed by atoms with Gasteiger partial charge in [0.1, 0.15) is 24.6 Å². The van der Waals surface area contributed by atoms with Crippen molar-refractivity contribution < 1.29 is 36.1 Å². The third-order valence-electron chi connectivity index (χ3n) is 5.50. The first-order chi connectivity index (χ1) is 16.6. The van der Waals surface area contributed by atoms with Crippen LogP contribution in [0.1, 0.15) is 32.6 Å². The minimum atomic E-state index is -2.33. The molecule has 0 aliphatic heterocycles. The lowest BCUT2D eigenvalue weighted by molar-refractivity contribution is -0.596. The van der Waals surface area contributed by atoms with Crippen LogP contribution in [0.2, 0.25) is 0 Å². The number of hydrogen-bond acceptors (Lipinski definition) is 2. The number of rotatable bonds is 5. The minimum Gasteiger partial charge on any atom is -0.416 e. The second kappa shape index (κ2) is 9.32. The number of ether oxygens (including phenoxy) is 1. The quantitative estimate of drug-likeness (QED) is 0.0911. The molecule has 4 rings (SSSR count). The van der Waals surface area contributed by atoms with E-state index in [0.717, 1.165) is 22.4 Å². The predicted molar refractivity (Wildman–Crippen MR) is 117 cm³/mol. The Hall–Kier alpha value is -4.01.